The number of hydrogen-bond acceptors (Lipinski definition) is 2. The highest BCUT2D eigenvalue weighted by Crippen LogP contribution is 2.22. The van der Waals surface area contributed by atoms with Gasteiger partial charge in [-0.25, -0.2) is 4.98 Å². The molecule has 0 aliphatic rings. The SMILES string of the molecule is CN(C(=O)CCCC(C)(C)C)c1cc(Br)ccn1. The minimum Gasteiger partial charge on any atom is -0.300 e. The number of carbonyl (C=O) groups excluding carboxylic acids is 1. The largest absolute Gasteiger partial charge is 0.300 e. The van der Waals surface area contributed by atoms with Crippen LogP contribution >= 0.6 is 15.9 Å². The molecular formula is C14H21BrN2O. The average Bonchev–Trinajstić information content (AvgIpc) is 2.26. The topological polar surface area (TPSA) is 33.2 Å². The molecule has 1 aromatic rings. The van der Waals surface area contributed by atoms with Gasteiger partial charge in [-0.3, -0.25) is 9.69 Å². The fourth-order valence-corrected chi connectivity index (χ4v) is 1.97. The van der Waals surface area contributed by atoms with Crippen molar-refractivity contribution in [2.75, 3.05) is 11.9 Å². The normalized spacial score (nSPS) is 11.4. The molecule has 3 nitrogen and oxygen atoms in total. The van der Waals surface area contributed by atoms with E-state index in [1.54, 1.807) is 18.1 Å². The fraction of sp³-hybridized carbons (Fsp3) is 0.571. The van der Waals surface area contributed by atoms with Crippen molar-refractivity contribution >= 4 is 27.7 Å². The third-order valence-corrected chi connectivity index (χ3v) is 3.24. The molecule has 0 spiro atoms. The van der Waals surface area contributed by atoms with Crippen LogP contribution in [0.25, 0.3) is 0 Å². The maximum Gasteiger partial charge on any atom is 0.227 e. The average molecular weight is 313 g/mol. The molecule has 0 aliphatic carbocycles. The van der Waals surface area contributed by atoms with E-state index in [4.69, 9.17) is 0 Å². The third kappa shape index (κ3) is 5.17. The predicted molar refractivity (Wildman–Crippen MR) is 78.7 cm³/mol. The lowest BCUT2D eigenvalue weighted by Crippen LogP contribution is -2.27. The van der Waals surface area contributed by atoms with Crippen molar-refractivity contribution in [3.05, 3.63) is 22.8 Å². The number of aromatic nitrogens is 1. The number of amides is 1. The first-order chi connectivity index (χ1) is 8.29. The highest BCUT2D eigenvalue weighted by atomic mass is 79.9. The van der Waals surface area contributed by atoms with Crippen LogP contribution in [0, 0.1) is 5.41 Å². The molecule has 100 valence electrons. The first-order valence-corrected chi connectivity index (χ1v) is 6.97. The van der Waals surface area contributed by atoms with E-state index in [2.05, 4.69) is 41.7 Å². The molecule has 0 N–H and O–H groups in total. The first-order valence-electron chi connectivity index (χ1n) is 6.18. The minimum atomic E-state index is 0.116. The van der Waals surface area contributed by atoms with Gasteiger partial charge >= 0.3 is 0 Å². The highest BCUT2D eigenvalue weighted by molar-refractivity contribution is 9.10. The van der Waals surface area contributed by atoms with Crippen molar-refractivity contribution in [2.45, 2.75) is 40.0 Å². The number of rotatable bonds is 4. The van der Waals surface area contributed by atoms with Crippen LogP contribution in [0.15, 0.2) is 22.8 Å². The highest BCUT2D eigenvalue weighted by Gasteiger charge is 2.15. The van der Waals surface area contributed by atoms with E-state index in [-0.39, 0.29) is 11.3 Å². The van der Waals surface area contributed by atoms with Crippen LogP contribution in [0.1, 0.15) is 40.0 Å². The van der Waals surface area contributed by atoms with Gasteiger partial charge in [-0.1, -0.05) is 36.7 Å². The summed E-state index contributed by atoms with van der Waals surface area (Å²) in [6, 6.07) is 3.70. The number of nitrogens with zero attached hydrogens (tertiary/aromatic N) is 2. The van der Waals surface area contributed by atoms with Gasteiger partial charge in [0.25, 0.3) is 0 Å². The Balaban J connectivity index is 2.52. The molecule has 0 atom stereocenters. The molecule has 0 radical (unpaired) electrons. The summed E-state index contributed by atoms with van der Waals surface area (Å²) in [5, 5.41) is 0. The molecule has 0 saturated heterocycles. The maximum absolute atomic E-state index is 12.0. The van der Waals surface area contributed by atoms with Gasteiger partial charge in [0.2, 0.25) is 5.91 Å². The Hall–Kier alpha value is -0.900. The zero-order chi connectivity index (χ0) is 13.8. The van der Waals surface area contributed by atoms with Crippen LogP contribution in [-0.2, 0) is 4.79 Å². The first kappa shape index (κ1) is 15.2. The summed E-state index contributed by atoms with van der Waals surface area (Å²) in [4.78, 5) is 17.8. The van der Waals surface area contributed by atoms with Crippen LogP contribution in [0.2, 0.25) is 0 Å². The molecule has 1 aromatic heterocycles. The van der Waals surface area contributed by atoms with E-state index in [0.717, 1.165) is 17.3 Å². The number of hydrogen-bond donors (Lipinski definition) is 0. The van der Waals surface area contributed by atoms with Gasteiger partial charge < -0.3 is 0 Å². The van der Waals surface area contributed by atoms with E-state index >= 15 is 0 Å². The second kappa shape index (κ2) is 6.32. The van der Waals surface area contributed by atoms with Crippen molar-refractivity contribution in [2.24, 2.45) is 5.41 Å². The van der Waals surface area contributed by atoms with Gasteiger partial charge in [0.15, 0.2) is 0 Å². The number of pyridine rings is 1. The molecule has 0 bridgehead atoms. The lowest BCUT2D eigenvalue weighted by Gasteiger charge is -2.19. The molecule has 1 rings (SSSR count). The Morgan fingerprint density at radius 2 is 2.11 bits per heavy atom. The van der Waals surface area contributed by atoms with Crippen molar-refractivity contribution in [1.29, 1.82) is 0 Å². The van der Waals surface area contributed by atoms with Crippen LogP contribution in [0.3, 0.4) is 0 Å². The van der Waals surface area contributed by atoms with Gasteiger partial charge in [-0.05, 0) is 30.4 Å². The van der Waals surface area contributed by atoms with Crippen molar-refractivity contribution < 1.29 is 4.79 Å². The van der Waals surface area contributed by atoms with Gasteiger partial charge in [0, 0.05) is 24.1 Å². The minimum absolute atomic E-state index is 0.116. The van der Waals surface area contributed by atoms with Crippen molar-refractivity contribution in [3.63, 3.8) is 0 Å². The molecule has 0 aliphatic heterocycles. The summed E-state index contributed by atoms with van der Waals surface area (Å²) in [5.74, 6) is 0.801. The van der Waals surface area contributed by atoms with Crippen molar-refractivity contribution in [1.82, 2.24) is 4.98 Å². The van der Waals surface area contributed by atoms with Crippen LogP contribution in [0.4, 0.5) is 5.82 Å². The fourth-order valence-electron chi connectivity index (χ4n) is 1.64. The maximum atomic E-state index is 12.0. The lowest BCUT2D eigenvalue weighted by atomic mass is 9.90. The molecule has 0 unspecified atom stereocenters. The molecule has 1 amide bonds. The number of anilines is 1. The zero-order valence-corrected chi connectivity index (χ0v) is 13.1. The zero-order valence-electron chi connectivity index (χ0n) is 11.5. The molecule has 0 saturated carbocycles. The third-order valence-electron chi connectivity index (χ3n) is 2.74. The summed E-state index contributed by atoms with van der Waals surface area (Å²) in [6.07, 6.45) is 4.24. The molecule has 0 fully saturated rings. The molecule has 4 heteroatoms. The summed E-state index contributed by atoms with van der Waals surface area (Å²) >= 11 is 3.38. The lowest BCUT2D eigenvalue weighted by molar-refractivity contribution is -0.118. The summed E-state index contributed by atoms with van der Waals surface area (Å²) in [7, 11) is 1.77. The Labute approximate surface area is 118 Å². The van der Waals surface area contributed by atoms with Gasteiger partial charge in [-0.2, -0.15) is 0 Å². The molecule has 0 aromatic carbocycles. The molecular weight excluding hydrogens is 292 g/mol. The number of carbonyl (C=O) groups is 1. The van der Waals surface area contributed by atoms with Gasteiger partial charge in [0.05, 0.1) is 0 Å². The van der Waals surface area contributed by atoms with E-state index in [1.165, 1.54) is 0 Å². The number of halogens is 1. The van der Waals surface area contributed by atoms with E-state index < -0.39 is 0 Å². The monoisotopic (exact) mass is 312 g/mol. The second-order valence-electron chi connectivity index (χ2n) is 5.70. The van der Waals surface area contributed by atoms with E-state index in [1.807, 2.05) is 12.1 Å². The summed E-state index contributed by atoms with van der Waals surface area (Å²) < 4.78 is 0.932. The van der Waals surface area contributed by atoms with Crippen molar-refractivity contribution in [3.8, 4) is 0 Å². The van der Waals surface area contributed by atoms with Crippen LogP contribution in [0.5, 0.6) is 0 Å². The Morgan fingerprint density at radius 3 is 2.67 bits per heavy atom. The Kier molecular flexibility index (Phi) is 5.32. The Morgan fingerprint density at radius 1 is 1.44 bits per heavy atom. The second-order valence-corrected chi connectivity index (χ2v) is 6.61. The van der Waals surface area contributed by atoms with Gasteiger partial charge in [-0.15, -0.1) is 0 Å². The predicted octanol–water partition coefficient (Wildman–Crippen LogP) is 4.02. The van der Waals surface area contributed by atoms with Crippen LogP contribution in [-0.4, -0.2) is 17.9 Å². The standard InChI is InChI=1S/C14H21BrN2O/c1-14(2,3)8-5-6-13(18)17(4)12-10-11(15)7-9-16-12/h7,9-10H,5-6,8H2,1-4H3. The Bertz CT molecular complexity index is 413. The van der Waals surface area contributed by atoms with Gasteiger partial charge in [0.1, 0.15) is 5.82 Å². The van der Waals surface area contributed by atoms with Crippen LogP contribution < -0.4 is 4.90 Å². The van der Waals surface area contributed by atoms with E-state index in [0.29, 0.717) is 12.2 Å². The summed E-state index contributed by atoms with van der Waals surface area (Å²) in [5.41, 5.74) is 0.285. The quantitative estimate of drug-likeness (QED) is 0.841. The summed E-state index contributed by atoms with van der Waals surface area (Å²) in [6.45, 7) is 6.57. The molecule has 1 heterocycles. The van der Waals surface area contributed by atoms with E-state index in [9.17, 15) is 4.79 Å². The smallest absolute Gasteiger partial charge is 0.227 e. The molecule has 18 heavy (non-hydrogen) atoms.